The summed E-state index contributed by atoms with van der Waals surface area (Å²) in [5.74, 6) is 1.09. The second kappa shape index (κ2) is 4.92. The summed E-state index contributed by atoms with van der Waals surface area (Å²) in [5.41, 5.74) is 7.62. The molecule has 2 rings (SSSR count). The van der Waals surface area contributed by atoms with E-state index in [2.05, 4.69) is 10.5 Å². The third-order valence-electron chi connectivity index (χ3n) is 2.01. The Bertz CT molecular complexity index is 476. The molecular weight excluding hydrogens is 246 g/mol. The molecule has 1 aliphatic heterocycles. The summed E-state index contributed by atoms with van der Waals surface area (Å²) in [6, 6.07) is 2.64. The van der Waals surface area contributed by atoms with Crippen LogP contribution in [0.1, 0.15) is 5.56 Å². The van der Waals surface area contributed by atoms with E-state index in [0.717, 1.165) is 0 Å². The van der Waals surface area contributed by atoms with Crippen molar-refractivity contribution < 1.29 is 14.3 Å². The maximum absolute atomic E-state index is 10.4. The van der Waals surface area contributed by atoms with Crippen LogP contribution in [-0.4, -0.2) is 25.5 Å². The number of urea groups is 1. The first-order chi connectivity index (χ1) is 8.16. The molecule has 0 spiro atoms. The molecule has 6 nitrogen and oxygen atoms in total. The quantitative estimate of drug-likeness (QED) is 0.613. The number of carbonyl (C=O) groups excluding carboxylic acids is 1. The molecule has 7 heteroatoms. The van der Waals surface area contributed by atoms with Crippen molar-refractivity contribution in [3.63, 3.8) is 0 Å². The van der Waals surface area contributed by atoms with Gasteiger partial charge in [0.05, 0.1) is 11.2 Å². The number of ether oxygens (including phenoxy) is 2. The van der Waals surface area contributed by atoms with Gasteiger partial charge in [-0.15, -0.1) is 0 Å². The smallest absolute Gasteiger partial charge is 0.332 e. The van der Waals surface area contributed by atoms with Crippen LogP contribution < -0.4 is 20.6 Å². The zero-order chi connectivity index (χ0) is 12.3. The molecule has 1 aromatic carbocycles. The molecule has 1 heterocycles. The summed E-state index contributed by atoms with van der Waals surface area (Å²) >= 11 is 6.01. The maximum Gasteiger partial charge on any atom is 0.332 e. The van der Waals surface area contributed by atoms with Crippen LogP contribution in [0.5, 0.6) is 11.5 Å². The first-order valence-electron chi connectivity index (χ1n) is 4.84. The Hall–Kier alpha value is -1.95. The Morgan fingerprint density at radius 3 is 3.00 bits per heavy atom. The van der Waals surface area contributed by atoms with Gasteiger partial charge in [0.25, 0.3) is 0 Å². The fraction of sp³-hybridized carbons (Fsp3) is 0.200. The van der Waals surface area contributed by atoms with E-state index < -0.39 is 6.03 Å². The predicted octanol–water partition coefficient (Wildman–Crippen LogP) is 1.11. The van der Waals surface area contributed by atoms with Crippen molar-refractivity contribution in [1.82, 2.24) is 5.43 Å². The van der Waals surface area contributed by atoms with Crippen LogP contribution in [0.25, 0.3) is 0 Å². The SMILES string of the molecule is NC(=O)NN=Cc1cc(Cl)c2c(c1)OCCO2. The van der Waals surface area contributed by atoms with Gasteiger partial charge in [-0.3, -0.25) is 0 Å². The average Bonchev–Trinajstić information content (AvgIpc) is 2.28. The highest BCUT2D eigenvalue weighted by Gasteiger charge is 2.15. The number of nitrogens with zero attached hydrogens (tertiary/aromatic N) is 1. The topological polar surface area (TPSA) is 85.9 Å². The molecule has 0 atom stereocenters. The van der Waals surface area contributed by atoms with E-state index in [9.17, 15) is 4.79 Å². The van der Waals surface area contributed by atoms with Crippen LogP contribution in [0, 0.1) is 0 Å². The summed E-state index contributed by atoms with van der Waals surface area (Å²) in [5, 5.41) is 4.06. The molecule has 2 amide bonds. The van der Waals surface area contributed by atoms with Gasteiger partial charge in [0.1, 0.15) is 13.2 Å². The van der Waals surface area contributed by atoms with Crippen LogP contribution in [0.15, 0.2) is 17.2 Å². The molecule has 1 aliphatic rings. The van der Waals surface area contributed by atoms with Crippen molar-refractivity contribution >= 4 is 23.8 Å². The summed E-state index contributed by atoms with van der Waals surface area (Å²) in [7, 11) is 0. The van der Waals surface area contributed by atoms with Gasteiger partial charge in [0.2, 0.25) is 0 Å². The lowest BCUT2D eigenvalue weighted by Crippen LogP contribution is -2.24. The number of fused-ring (bicyclic) bond motifs is 1. The molecule has 3 N–H and O–H groups in total. The van der Waals surface area contributed by atoms with Gasteiger partial charge in [-0.2, -0.15) is 5.10 Å². The van der Waals surface area contributed by atoms with Gasteiger partial charge < -0.3 is 15.2 Å². The minimum Gasteiger partial charge on any atom is -0.486 e. The highest BCUT2D eigenvalue weighted by atomic mass is 35.5. The van der Waals surface area contributed by atoms with E-state index >= 15 is 0 Å². The van der Waals surface area contributed by atoms with Crippen LogP contribution >= 0.6 is 11.6 Å². The Morgan fingerprint density at radius 2 is 2.24 bits per heavy atom. The second-order valence-electron chi connectivity index (χ2n) is 3.26. The number of primary amides is 1. The summed E-state index contributed by atoms with van der Waals surface area (Å²) in [4.78, 5) is 10.4. The van der Waals surface area contributed by atoms with Crippen molar-refractivity contribution in [2.75, 3.05) is 13.2 Å². The predicted molar refractivity (Wildman–Crippen MR) is 62.8 cm³/mol. The lowest BCUT2D eigenvalue weighted by molar-refractivity contribution is 0.171. The second-order valence-corrected chi connectivity index (χ2v) is 3.67. The fourth-order valence-corrected chi connectivity index (χ4v) is 1.65. The largest absolute Gasteiger partial charge is 0.486 e. The lowest BCUT2D eigenvalue weighted by atomic mass is 10.2. The van der Waals surface area contributed by atoms with Crippen molar-refractivity contribution in [2.24, 2.45) is 10.8 Å². The molecule has 0 aromatic heterocycles. The molecule has 0 radical (unpaired) electrons. The van der Waals surface area contributed by atoms with Gasteiger partial charge in [-0.25, -0.2) is 10.2 Å². The third kappa shape index (κ3) is 2.79. The van der Waals surface area contributed by atoms with Crippen LogP contribution in [0.4, 0.5) is 4.79 Å². The van der Waals surface area contributed by atoms with Crippen molar-refractivity contribution in [1.29, 1.82) is 0 Å². The van der Waals surface area contributed by atoms with E-state index in [-0.39, 0.29) is 0 Å². The number of amides is 2. The molecule has 0 fully saturated rings. The van der Waals surface area contributed by atoms with E-state index in [1.807, 2.05) is 0 Å². The van der Waals surface area contributed by atoms with E-state index in [1.54, 1.807) is 12.1 Å². The fourth-order valence-electron chi connectivity index (χ4n) is 1.38. The van der Waals surface area contributed by atoms with Crippen LogP contribution in [0.3, 0.4) is 0 Å². The zero-order valence-corrected chi connectivity index (χ0v) is 9.53. The molecule has 1 aromatic rings. The Kier molecular flexibility index (Phi) is 3.34. The first-order valence-corrected chi connectivity index (χ1v) is 5.22. The van der Waals surface area contributed by atoms with Crippen molar-refractivity contribution in [2.45, 2.75) is 0 Å². The molecule has 0 aliphatic carbocycles. The molecule has 0 saturated heterocycles. The molecule has 0 saturated carbocycles. The minimum atomic E-state index is -0.732. The Labute approximate surface area is 102 Å². The molecule has 17 heavy (non-hydrogen) atoms. The van der Waals surface area contributed by atoms with Crippen molar-refractivity contribution in [3.8, 4) is 11.5 Å². The number of hydrazone groups is 1. The first kappa shape index (κ1) is 11.5. The summed E-state index contributed by atoms with van der Waals surface area (Å²) in [6.45, 7) is 0.951. The van der Waals surface area contributed by atoms with E-state index in [1.165, 1.54) is 6.21 Å². The average molecular weight is 256 g/mol. The number of benzene rings is 1. The monoisotopic (exact) mass is 255 g/mol. The van der Waals surface area contributed by atoms with Gasteiger partial charge in [-0.1, -0.05) is 11.6 Å². The van der Waals surface area contributed by atoms with Gasteiger partial charge in [-0.05, 0) is 17.7 Å². The van der Waals surface area contributed by atoms with Gasteiger partial charge in [0.15, 0.2) is 11.5 Å². The Balaban J connectivity index is 2.22. The highest BCUT2D eigenvalue weighted by molar-refractivity contribution is 6.32. The van der Waals surface area contributed by atoms with Crippen molar-refractivity contribution in [3.05, 3.63) is 22.7 Å². The van der Waals surface area contributed by atoms with Crippen LogP contribution in [0.2, 0.25) is 5.02 Å². The molecule has 0 unspecified atom stereocenters. The number of hydrogen-bond donors (Lipinski definition) is 2. The summed E-state index contributed by atoms with van der Waals surface area (Å²) in [6.07, 6.45) is 1.41. The normalized spacial score (nSPS) is 13.7. The standard InChI is InChI=1S/C10H10ClN3O3/c11-7-3-6(5-13-14-10(12)15)4-8-9(7)17-2-1-16-8/h3-5H,1-2H2,(H3,12,14,15). The lowest BCUT2D eigenvalue weighted by Gasteiger charge is -2.19. The number of rotatable bonds is 2. The zero-order valence-electron chi connectivity index (χ0n) is 8.77. The van der Waals surface area contributed by atoms with Crippen LogP contribution in [-0.2, 0) is 0 Å². The number of nitrogens with two attached hydrogens (primary N) is 1. The minimum absolute atomic E-state index is 0.433. The highest BCUT2D eigenvalue weighted by Crippen LogP contribution is 2.37. The number of halogens is 1. The number of hydrogen-bond acceptors (Lipinski definition) is 4. The summed E-state index contributed by atoms with van der Waals surface area (Å²) < 4.78 is 10.7. The van der Waals surface area contributed by atoms with E-state index in [0.29, 0.717) is 35.3 Å². The van der Waals surface area contributed by atoms with E-state index in [4.69, 9.17) is 26.8 Å². The molecule has 90 valence electrons. The third-order valence-corrected chi connectivity index (χ3v) is 2.29. The van der Waals surface area contributed by atoms with Gasteiger partial charge >= 0.3 is 6.03 Å². The maximum atomic E-state index is 10.4. The number of nitrogens with one attached hydrogen (secondary N) is 1. The van der Waals surface area contributed by atoms with Gasteiger partial charge in [0, 0.05) is 0 Å². The molecule has 0 bridgehead atoms. The Morgan fingerprint density at radius 1 is 1.47 bits per heavy atom. The number of carbonyl (C=O) groups is 1. The molecular formula is C10H10ClN3O3.